The lowest BCUT2D eigenvalue weighted by Gasteiger charge is -2.13. The third-order valence-corrected chi connectivity index (χ3v) is 7.67. The molecular formula is C10H15Br2N3O4S2. The molecule has 0 saturated carbocycles. The van der Waals surface area contributed by atoms with Gasteiger partial charge in [-0.1, -0.05) is 0 Å². The van der Waals surface area contributed by atoms with Crippen molar-refractivity contribution in [2.75, 3.05) is 32.1 Å². The molecule has 0 aliphatic heterocycles. The van der Waals surface area contributed by atoms with E-state index in [-0.39, 0.29) is 26.1 Å². The van der Waals surface area contributed by atoms with Crippen molar-refractivity contribution in [3.05, 3.63) is 21.1 Å². The van der Waals surface area contributed by atoms with E-state index in [1.807, 2.05) is 0 Å². The van der Waals surface area contributed by atoms with Crippen LogP contribution in [0.1, 0.15) is 0 Å². The first-order valence-electron chi connectivity index (χ1n) is 5.62. The highest BCUT2D eigenvalue weighted by molar-refractivity contribution is 9.11. The Kier molecular flexibility index (Phi) is 6.21. The first-order chi connectivity index (χ1) is 9.47. The van der Waals surface area contributed by atoms with Gasteiger partial charge >= 0.3 is 0 Å². The molecule has 0 atom stereocenters. The summed E-state index contributed by atoms with van der Waals surface area (Å²) >= 11 is 6.27. The maximum absolute atomic E-state index is 12.2. The molecule has 0 amide bonds. The summed E-state index contributed by atoms with van der Waals surface area (Å²) in [6.07, 6.45) is 0. The SMILES string of the molecule is CN(C)S(=O)(=O)CCNS(=O)(=O)c1c(Br)cc(N)cc1Br. The molecule has 0 aliphatic rings. The summed E-state index contributed by atoms with van der Waals surface area (Å²) in [5.74, 6) is -0.330. The largest absolute Gasteiger partial charge is 0.399 e. The standard InChI is InChI=1S/C10H15Br2N3O4S2/c1-15(2)20(16,17)4-3-14-21(18,19)10-8(11)5-7(13)6-9(10)12/h5-6,14H,3-4,13H2,1-2H3. The van der Waals surface area contributed by atoms with E-state index in [9.17, 15) is 16.8 Å². The first-order valence-corrected chi connectivity index (χ1v) is 10.3. The second kappa shape index (κ2) is 6.92. The van der Waals surface area contributed by atoms with Gasteiger partial charge in [0, 0.05) is 35.3 Å². The Bertz CT molecular complexity index is 710. The fraction of sp³-hybridized carbons (Fsp3) is 0.400. The number of nitrogens with zero attached hydrogens (tertiary/aromatic N) is 1. The van der Waals surface area contributed by atoms with Crippen LogP contribution in [-0.2, 0) is 20.0 Å². The van der Waals surface area contributed by atoms with Gasteiger partial charge in [-0.3, -0.25) is 0 Å². The maximum Gasteiger partial charge on any atom is 0.242 e. The van der Waals surface area contributed by atoms with Crippen molar-refractivity contribution in [1.29, 1.82) is 0 Å². The van der Waals surface area contributed by atoms with E-state index >= 15 is 0 Å². The van der Waals surface area contributed by atoms with Crippen LogP contribution >= 0.6 is 31.9 Å². The lowest BCUT2D eigenvalue weighted by Crippen LogP contribution is -2.34. The molecule has 0 fully saturated rings. The van der Waals surface area contributed by atoms with Gasteiger partial charge in [0.2, 0.25) is 20.0 Å². The van der Waals surface area contributed by atoms with Crippen LogP contribution in [0.25, 0.3) is 0 Å². The molecule has 1 rings (SSSR count). The van der Waals surface area contributed by atoms with Crippen molar-refractivity contribution in [1.82, 2.24) is 9.03 Å². The molecule has 3 N–H and O–H groups in total. The average Bonchev–Trinajstić information content (AvgIpc) is 2.25. The quantitative estimate of drug-likeness (QED) is 0.609. The number of hydrogen-bond donors (Lipinski definition) is 2. The number of nitrogen functional groups attached to an aromatic ring is 1. The molecule has 0 aliphatic carbocycles. The minimum Gasteiger partial charge on any atom is -0.399 e. The van der Waals surface area contributed by atoms with Crippen LogP contribution in [0.5, 0.6) is 0 Å². The highest BCUT2D eigenvalue weighted by Gasteiger charge is 2.23. The Morgan fingerprint density at radius 3 is 2.05 bits per heavy atom. The number of halogens is 2. The number of rotatable bonds is 6. The van der Waals surface area contributed by atoms with E-state index in [2.05, 4.69) is 36.6 Å². The summed E-state index contributed by atoms with van der Waals surface area (Å²) in [4.78, 5) is -0.0287. The predicted octanol–water partition coefficient (Wildman–Crippen LogP) is 0.964. The number of nitrogens with one attached hydrogen (secondary N) is 1. The molecule has 11 heteroatoms. The number of benzene rings is 1. The van der Waals surface area contributed by atoms with Crippen molar-refractivity contribution in [3.63, 3.8) is 0 Å². The van der Waals surface area contributed by atoms with Crippen molar-refractivity contribution in [2.45, 2.75) is 4.90 Å². The molecule has 0 unspecified atom stereocenters. The highest BCUT2D eigenvalue weighted by Crippen LogP contribution is 2.32. The second-order valence-electron chi connectivity index (χ2n) is 4.31. The van der Waals surface area contributed by atoms with Crippen molar-refractivity contribution in [2.24, 2.45) is 0 Å². The Morgan fingerprint density at radius 2 is 1.62 bits per heavy atom. The van der Waals surface area contributed by atoms with E-state index in [1.165, 1.54) is 26.2 Å². The third kappa shape index (κ3) is 4.89. The van der Waals surface area contributed by atoms with Gasteiger partial charge in [0.15, 0.2) is 0 Å². The summed E-state index contributed by atoms with van der Waals surface area (Å²) < 4.78 is 51.5. The van der Waals surface area contributed by atoms with Crippen LogP contribution in [0.15, 0.2) is 26.0 Å². The molecule has 0 aromatic heterocycles. The molecule has 7 nitrogen and oxygen atoms in total. The average molecular weight is 465 g/mol. The number of nitrogens with two attached hydrogens (primary N) is 1. The van der Waals surface area contributed by atoms with Crippen LogP contribution in [0.4, 0.5) is 5.69 Å². The Balaban J connectivity index is 2.95. The Labute approximate surface area is 141 Å². The topological polar surface area (TPSA) is 110 Å². The molecular weight excluding hydrogens is 450 g/mol. The van der Waals surface area contributed by atoms with Crippen LogP contribution in [-0.4, -0.2) is 47.5 Å². The van der Waals surface area contributed by atoms with Crippen molar-refractivity contribution < 1.29 is 16.8 Å². The normalized spacial score (nSPS) is 12.8. The molecule has 21 heavy (non-hydrogen) atoms. The maximum atomic E-state index is 12.2. The summed E-state index contributed by atoms with van der Waals surface area (Å²) in [6.45, 7) is -0.230. The number of hydrogen-bond acceptors (Lipinski definition) is 5. The van der Waals surface area contributed by atoms with E-state index in [1.54, 1.807) is 0 Å². The monoisotopic (exact) mass is 463 g/mol. The molecule has 0 saturated heterocycles. The Hall–Kier alpha value is -0.200. The van der Waals surface area contributed by atoms with Gasteiger partial charge in [-0.2, -0.15) is 0 Å². The summed E-state index contributed by atoms with van der Waals surface area (Å²) in [6, 6.07) is 2.91. The minimum absolute atomic E-state index is 0.0287. The summed E-state index contributed by atoms with van der Waals surface area (Å²) in [5, 5.41) is 0. The molecule has 1 aromatic rings. The van der Waals surface area contributed by atoms with Gasteiger partial charge < -0.3 is 5.73 Å². The zero-order chi connectivity index (χ0) is 16.4. The minimum atomic E-state index is -3.87. The summed E-state index contributed by atoms with van der Waals surface area (Å²) in [7, 11) is -4.56. The van der Waals surface area contributed by atoms with Gasteiger partial charge in [0.25, 0.3) is 0 Å². The van der Waals surface area contributed by atoms with Gasteiger partial charge in [0.1, 0.15) is 4.90 Å². The van der Waals surface area contributed by atoms with Crippen molar-refractivity contribution >= 4 is 57.6 Å². The Morgan fingerprint density at radius 1 is 1.14 bits per heavy atom. The summed E-state index contributed by atoms with van der Waals surface area (Å²) in [5.41, 5.74) is 5.99. The highest BCUT2D eigenvalue weighted by atomic mass is 79.9. The molecule has 120 valence electrons. The van der Waals surface area contributed by atoms with E-state index in [0.717, 1.165) is 4.31 Å². The van der Waals surface area contributed by atoms with E-state index in [0.29, 0.717) is 5.69 Å². The molecule has 0 spiro atoms. The van der Waals surface area contributed by atoms with Crippen molar-refractivity contribution in [3.8, 4) is 0 Å². The second-order valence-corrected chi connectivity index (χ2v) is 10.0. The molecule has 0 radical (unpaired) electrons. The number of sulfonamides is 2. The first kappa shape index (κ1) is 18.8. The van der Waals surface area contributed by atoms with Crippen LogP contribution in [0.2, 0.25) is 0 Å². The fourth-order valence-electron chi connectivity index (χ4n) is 1.40. The van der Waals surface area contributed by atoms with Crippen LogP contribution < -0.4 is 10.5 Å². The zero-order valence-electron chi connectivity index (χ0n) is 11.3. The smallest absolute Gasteiger partial charge is 0.242 e. The molecule has 0 bridgehead atoms. The van der Waals surface area contributed by atoms with E-state index < -0.39 is 20.0 Å². The van der Waals surface area contributed by atoms with Gasteiger partial charge in [-0.25, -0.2) is 25.9 Å². The lowest BCUT2D eigenvalue weighted by molar-refractivity contribution is 0.519. The van der Waals surface area contributed by atoms with Crippen LogP contribution in [0, 0.1) is 0 Å². The fourth-order valence-corrected chi connectivity index (χ4v) is 5.90. The van der Waals surface area contributed by atoms with Gasteiger partial charge in [-0.15, -0.1) is 0 Å². The zero-order valence-corrected chi connectivity index (χ0v) is 16.1. The van der Waals surface area contributed by atoms with Crippen LogP contribution in [0.3, 0.4) is 0 Å². The van der Waals surface area contributed by atoms with Gasteiger partial charge in [-0.05, 0) is 44.0 Å². The molecule has 1 aromatic carbocycles. The van der Waals surface area contributed by atoms with E-state index in [4.69, 9.17) is 5.73 Å². The lowest BCUT2D eigenvalue weighted by atomic mass is 10.3. The third-order valence-electron chi connectivity index (χ3n) is 2.50. The van der Waals surface area contributed by atoms with Gasteiger partial charge in [0.05, 0.1) is 5.75 Å². The predicted molar refractivity (Wildman–Crippen MR) is 88.9 cm³/mol. The molecule has 0 heterocycles. The number of anilines is 1.